The minimum Gasteiger partial charge on any atom is -0.492 e. The molecule has 1 aromatic carbocycles. The highest BCUT2D eigenvalue weighted by molar-refractivity contribution is 9.10. The predicted octanol–water partition coefficient (Wildman–Crippen LogP) is 3.56. The maximum atomic E-state index is 12.9. The molecule has 1 fully saturated rings. The van der Waals surface area contributed by atoms with Crippen LogP contribution in [0.25, 0.3) is 0 Å². The lowest BCUT2D eigenvalue weighted by Crippen LogP contribution is -2.41. The second kappa shape index (κ2) is 5.97. The summed E-state index contributed by atoms with van der Waals surface area (Å²) in [6.07, 6.45) is -0.0756. The Bertz CT molecular complexity index is 390. The first-order chi connectivity index (χ1) is 8.55. The summed E-state index contributed by atoms with van der Waals surface area (Å²) in [5.74, 6) is -1.67. The van der Waals surface area contributed by atoms with Gasteiger partial charge in [-0.3, -0.25) is 4.90 Å². The van der Waals surface area contributed by atoms with Crippen LogP contribution in [0.4, 0.5) is 8.78 Å². The van der Waals surface area contributed by atoms with Gasteiger partial charge in [-0.15, -0.1) is 0 Å². The lowest BCUT2D eigenvalue weighted by atomic mass is 10.1. The summed E-state index contributed by atoms with van der Waals surface area (Å²) in [7, 11) is 0. The molecule has 18 heavy (non-hydrogen) atoms. The third-order valence-corrected chi connectivity index (χ3v) is 3.55. The summed E-state index contributed by atoms with van der Waals surface area (Å²) in [4.78, 5) is 2.02. The van der Waals surface area contributed by atoms with Crippen LogP contribution < -0.4 is 4.74 Å². The number of hydrogen-bond donors (Lipinski definition) is 0. The van der Waals surface area contributed by atoms with Crippen LogP contribution >= 0.6 is 15.9 Å². The number of ether oxygens (including phenoxy) is 1. The van der Waals surface area contributed by atoms with Gasteiger partial charge in [0.15, 0.2) is 0 Å². The molecule has 0 N–H and O–H groups in total. The molecule has 0 bridgehead atoms. The molecule has 2 nitrogen and oxygen atoms in total. The Morgan fingerprint density at radius 2 is 2.00 bits per heavy atom. The van der Waals surface area contributed by atoms with E-state index in [2.05, 4.69) is 15.9 Å². The van der Waals surface area contributed by atoms with Gasteiger partial charge in [-0.2, -0.15) is 0 Å². The molecule has 0 saturated carbocycles. The minimum atomic E-state index is -2.47. The van der Waals surface area contributed by atoms with Crippen molar-refractivity contribution < 1.29 is 13.5 Å². The maximum absolute atomic E-state index is 12.9. The smallest absolute Gasteiger partial charge is 0.250 e. The molecule has 1 heterocycles. The van der Waals surface area contributed by atoms with Crippen molar-refractivity contribution in [1.29, 1.82) is 0 Å². The molecule has 0 aliphatic carbocycles. The second-order valence-corrected chi connectivity index (χ2v) is 5.42. The molecule has 1 aromatic rings. The average Bonchev–Trinajstić information content (AvgIpc) is 2.31. The molecule has 1 aliphatic heterocycles. The van der Waals surface area contributed by atoms with Gasteiger partial charge in [-0.25, -0.2) is 8.78 Å². The predicted molar refractivity (Wildman–Crippen MR) is 70.3 cm³/mol. The van der Waals surface area contributed by atoms with Crippen LogP contribution in [-0.2, 0) is 0 Å². The number of benzene rings is 1. The Labute approximate surface area is 114 Å². The Hall–Kier alpha value is -0.680. The van der Waals surface area contributed by atoms with Crippen molar-refractivity contribution in [2.45, 2.75) is 18.8 Å². The van der Waals surface area contributed by atoms with Crippen LogP contribution in [0.2, 0.25) is 0 Å². The molecule has 5 heteroatoms. The number of alkyl halides is 2. The first-order valence-electron chi connectivity index (χ1n) is 6.04. The SMILES string of the molecule is FC1(F)CCN(CCOc2cccc(Br)c2)CC1. The Balaban J connectivity index is 1.70. The molecule has 0 radical (unpaired) electrons. The average molecular weight is 320 g/mol. The van der Waals surface area contributed by atoms with E-state index >= 15 is 0 Å². The molecule has 0 unspecified atom stereocenters. The van der Waals surface area contributed by atoms with E-state index in [9.17, 15) is 8.78 Å². The monoisotopic (exact) mass is 319 g/mol. The topological polar surface area (TPSA) is 12.5 Å². The fourth-order valence-corrected chi connectivity index (χ4v) is 2.33. The summed E-state index contributed by atoms with van der Waals surface area (Å²) < 4.78 is 32.4. The van der Waals surface area contributed by atoms with Crippen molar-refractivity contribution in [2.24, 2.45) is 0 Å². The van der Waals surface area contributed by atoms with Crippen LogP contribution in [0.1, 0.15) is 12.8 Å². The quantitative estimate of drug-likeness (QED) is 0.841. The second-order valence-electron chi connectivity index (χ2n) is 4.50. The van der Waals surface area contributed by atoms with Crippen molar-refractivity contribution in [3.63, 3.8) is 0 Å². The summed E-state index contributed by atoms with van der Waals surface area (Å²) in [5, 5.41) is 0. The van der Waals surface area contributed by atoms with E-state index in [-0.39, 0.29) is 12.8 Å². The van der Waals surface area contributed by atoms with E-state index in [1.54, 1.807) is 0 Å². The van der Waals surface area contributed by atoms with Crippen molar-refractivity contribution >= 4 is 15.9 Å². The molecular weight excluding hydrogens is 304 g/mol. The number of nitrogens with zero attached hydrogens (tertiary/aromatic N) is 1. The third-order valence-electron chi connectivity index (χ3n) is 3.06. The first-order valence-corrected chi connectivity index (χ1v) is 6.83. The van der Waals surface area contributed by atoms with E-state index in [4.69, 9.17) is 4.74 Å². The molecule has 2 rings (SSSR count). The zero-order chi connectivity index (χ0) is 13.0. The summed E-state index contributed by atoms with van der Waals surface area (Å²) in [6, 6.07) is 7.61. The summed E-state index contributed by atoms with van der Waals surface area (Å²) in [5.41, 5.74) is 0. The Morgan fingerprint density at radius 3 is 2.67 bits per heavy atom. The Kier molecular flexibility index (Phi) is 4.56. The summed E-state index contributed by atoms with van der Waals surface area (Å²) in [6.45, 7) is 2.13. The van der Waals surface area contributed by atoms with Crippen molar-refractivity contribution in [1.82, 2.24) is 4.90 Å². The third kappa shape index (κ3) is 4.21. The summed E-state index contributed by atoms with van der Waals surface area (Å²) >= 11 is 3.37. The number of halogens is 3. The minimum absolute atomic E-state index is 0.0378. The van der Waals surface area contributed by atoms with Crippen molar-refractivity contribution in [3.8, 4) is 5.75 Å². The lowest BCUT2D eigenvalue weighted by molar-refractivity contribution is -0.0564. The van der Waals surface area contributed by atoms with Gasteiger partial charge in [-0.05, 0) is 18.2 Å². The van der Waals surface area contributed by atoms with Gasteiger partial charge in [0.25, 0.3) is 5.92 Å². The van der Waals surface area contributed by atoms with Crippen LogP contribution in [0.5, 0.6) is 5.75 Å². The van der Waals surface area contributed by atoms with Gasteiger partial charge in [0.1, 0.15) is 12.4 Å². The van der Waals surface area contributed by atoms with Crippen molar-refractivity contribution in [2.75, 3.05) is 26.2 Å². The Morgan fingerprint density at radius 1 is 1.28 bits per heavy atom. The molecule has 0 aromatic heterocycles. The van der Waals surface area contributed by atoms with Gasteiger partial charge >= 0.3 is 0 Å². The first kappa shape index (κ1) is 13.7. The molecular formula is C13H16BrF2NO. The lowest BCUT2D eigenvalue weighted by Gasteiger charge is -2.31. The van der Waals surface area contributed by atoms with Gasteiger partial charge in [0.05, 0.1) is 0 Å². The largest absolute Gasteiger partial charge is 0.492 e. The fraction of sp³-hybridized carbons (Fsp3) is 0.538. The standard InChI is InChI=1S/C13H16BrF2NO/c14-11-2-1-3-12(10-11)18-9-8-17-6-4-13(15,16)5-7-17/h1-3,10H,4-9H2. The van der Waals surface area contributed by atoms with Gasteiger partial charge in [0, 0.05) is 36.9 Å². The molecule has 0 spiro atoms. The number of rotatable bonds is 4. The highest BCUT2D eigenvalue weighted by Crippen LogP contribution is 2.27. The van der Waals surface area contributed by atoms with Gasteiger partial charge in [-0.1, -0.05) is 22.0 Å². The van der Waals surface area contributed by atoms with Crippen LogP contribution in [-0.4, -0.2) is 37.1 Å². The molecule has 0 amide bonds. The normalized spacial score (nSPS) is 19.7. The van der Waals surface area contributed by atoms with Crippen LogP contribution in [0.15, 0.2) is 28.7 Å². The highest BCUT2D eigenvalue weighted by atomic mass is 79.9. The van der Waals surface area contributed by atoms with E-state index in [0.29, 0.717) is 26.2 Å². The van der Waals surface area contributed by atoms with Gasteiger partial charge < -0.3 is 4.74 Å². The molecule has 1 aliphatic rings. The van der Waals surface area contributed by atoms with E-state index in [1.807, 2.05) is 29.2 Å². The van der Waals surface area contributed by atoms with Crippen LogP contribution in [0, 0.1) is 0 Å². The molecule has 0 atom stereocenters. The number of hydrogen-bond acceptors (Lipinski definition) is 2. The van der Waals surface area contributed by atoms with Crippen LogP contribution in [0.3, 0.4) is 0 Å². The van der Waals surface area contributed by atoms with E-state index in [1.165, 1.54) is 0 Å². The van der Waals surface area contributed by atoms with E-state index < -0.39 is 5.92 Å². The highest BCUT2D eigenvalue weighted by Gasteiger charge is 2.33. The zero-order valence-corrected chi connectivity index (χ0v) is 11.6. The number of piperidine rings is 1. The molecule has 100 valence electrons. The van der Waals surface area contributed by atoms with E-state index in [0.717, 1.165) is 10.2 Å². The molecule has 1 saturated heterocycles. The van der Waals surface area contributed by atoms with Gasteiger partial charge in [0.2, 0.25) is 0 Å². The van der Waals surface area contributed by atoms with Crippen molar-refractivity contribution in [3.05, 3.63) is 28.7 Å². The maximum Gasteiger partial charge on any atom is 0.250 e. The fourth-order valence-electron chi connectivity index (χ4n) is 1.95. The zero-order valence-electron chi connectivity index (χ0n) is 10.0. The number of likely N-dealkylation sites (tertiary alicyclic amines) is 1.